The Morgan fingerprint density at radius 3 is 2.47 bits per heavy atom. The van der Waals surface area contributed by atoms with Gasteiger partial charge in [-0.3, -0.25) is 4.90 Å². The van der Waals surface area contributed by atoms with Crippen molar-refractivity contribution in [3.8, 4) is 33.6 Å². The van der Waals surface area contributed by atoms with E-state index in [1.807, 2.05) is 46.1 Å². The maximum Gasteiger partial charge on any atom is 0.413 e. The first-order chi connectivity index (χ1) is 17.9. The molecule has 198 valence electrons. The number of carbonyl (C=O) groups is 2. The van der Waals surface area contributed by atoms with Crippen LogP contribution in [-0.4, -0.2) is 55.0 Å². The van der Waals surface area contributed by atoms with Gasteiger partial charge in [-0.15, -0.1) is 22.7 Å². The summed E-state index contributed by atoms with van der Waals surface area (Å²) in [5.41, 5.74) is -0.0290. The molecule has 1 fully saturated rings. The van der Waals surface area contributed by atoms with Crippen molar-refractivity contribution in [1.29, 1.82) is 0 Å². The van der Waals surface area contributed by atoms with E-state index in [1.165, 1.54) is 22.7 Å². The lowest BCUT2D eigenvalue weighted by atomic mass is 10.1. The first-order valence-corrected chi connectivity index (χ1v) is 13.6. The molecule has 3 aromatic heterocycles. The minimum Gasteiger partial charge on any atom is -0.476 e. The van der Waals surface area contributed by atoms with Crippen LogP contribution in [0.1, 0.15) is 56.2 Å². The van der Waals surface area contributed by atoms with Crippen molar-refractivity contribution in [3.05, 3.63) is 51.8 Å². The Kier molecular flexibility index (Phi) is 6.58. The van der Waals surface area contributed by atoms with Crippen molar-refractivity contribution >= 4 is 34.7 Å². The Labute approximate surface area is 226 Å². The van der Waals surface area contributed by atoms with Gasteiger partial charge in [-0.1, -0.05) is 30.3 Å². The molecule has 0 unspecified atom stereocenters. The van der Waals surface area contributed by atoms with Crippen LogP contribution in [0.3, 0.4) is 0 Å². The Balaban J connectivity index is 1.42. The molecule has 1 aromatic carbocycles. The van der Waals surface area contributed by atoms with E-state index in [0.29, 0.717) is 33.6 Å². The minimum absolute atomic E-state index is 0.112. The summed E-state index contributed by atoms with van der Waals surface area (Å²) < 4.78 is 17.4. The molecule has 10 nitrogen and oxygen atoms in total. The summed E-state index contributed by atoms with van der Waals surface area (Å²) in [5, 5.41) is 14.6. The van der Waals surface area contributed by atoms with Crippen molar-refractivity contribution < 1.29 is 28.6 Å². The number of benzene rings is 1. The van der Waals surface area contributed by atoms with Gasteiger partial charge in [0.1, 0.15) is 38.8 Å². The van der Waals surface area contributed by atoms with Crippen molar-refractivity contribution in [1.82, 2.24) is 19.9 Å². The number of ether oxygens (including phenoxy) is 2. The molecule has 0 spiro atoms. The first kappa shape index (κ1) is 26.0. The number of aromatic nitrogens is 3. The molecule has 1 aliphatic heterocycles. The predicted octanol–water partition coefficient (Wildman–Crippen LogP) is 6.33. The summed E-state index contributed by atoms with van der Waals surface area (Å²) in [7, 11) is 0. The average Bonchev–Trinajstić information content (AvgIpc) is 3.62. The van der Waals surface area contributed by atoms with Crippen molar-refractivity contribution in [2.75, 3.05) is 6.61 Å². The number of hydrogen-bond acceptors (Lipinski definition) is 10. The second-order valence-corrected chi connectivity index (χ2v) is 11.8. The van der Waals surface area contributed by atoms with Crippen LogP contribution in [0.15, 0.2) is 45.5 Å². The Morgan fingerprint density at radius 1 is 1.08 bits per heavy atom. The smallest absolute Gasteiger partial charge is 0.413 e. The van der Waals surface area contributed by atoms with Crippen LogP contribution in [0.5, 0.6) is 0 Å². The third-order valence-electron chi connectivity index (χ3n) is 5.69. The average molecular weight is 555 g/mol. The molecule has 4 aromatic rings. The molecule has 1 amide bonds. The van der Waals surface area contributed by atoms with E-state index in [9.17, 15) is 14.7 Å². The molecule has 1 N–H and O–H groups in total. The van der Waals surface area contributed by atoms with Crippen LogP contribution in [0, 0.1) is 0 Å². The summed E-state index contributed by atoms with van der Waals surface area (Å²) in [6.07, 6.45) is -0.467. The van der Waals surface area contributed by atoms with Gasteiger partial charge in [-0.2, -0.15) is 0 Å². The largest absolute Gasteiger partial charge is 0.476 e. The predicted molar refractivity (Wildman–Crippen MR) is 142 cm³/mol. The molecule has 0 aliphatic carbocycles. The molecular formula is C26H26N4O6S2. The number of carbonyl (C=O) groups excluding carboxylic acids is 1. The molecule has 4 heterocycles. The molecule has 0 radical (unpaired) electrons. The summed E-state index contributed by atoms with van der Waals surface area (Å²) in [4.78, 5) is 39.9. The zero-order chi connectivity index (χ0) is 27.2. The molecule has 1 saturated heterocycles. The van der Waals surface area contributed by atoms with E-state index in [1.54, 1.807) is 34.5 Å². The Bertz CT molecular complexity index is 1480. The molecule has 38 heavy (non-hydrogen) atoms. The van der Waals surface area contributed by atoms with Gasteiger partial charge in [0.05, 0.1) is 6.61 Å². The fourth-order valence-electron chi connectivity index (χ4n) is 4.03. The summed E-state index contributed by atoms with van der Waals surface area (Å²) in [6.45, 7) is 9.40. The van der Waals surface area contributed by atoms with Crippen molar-refractivity contribution in [2.45, 2.75) is 52.0 Å². The molecular weight excluding hydrogens is 528 g/mol. The SMILES string of the molecule is CC(C)(C)OC(=O)N1[C@H](c2nc(-c3nc(-c4nc(C(=O)O)c(-c5ccccc5)o4)cs3)cs2)COC1(C)C. The van der Waals surface area contributed by atoms with Crippen LogP contribution in [0.4, 0.5) is 4.79 Å². The lowest BCUT2D eigenvalue weighted by Gasteiger charge is -2.34. The fraction of sp³-hybridized carbons (Fsp3) is 0.346. The second kappa shape index (κ2) is 9.61. The van der Waals surface area contributed by atoms with Gasteiger partial charge in [0.15, 0.2) is 11.5 Å². The normalized spacial score (nSPS) is 17.1. The molecule has 12 heteroatoms. The third-order valence-corrected chi connectivity index (χ3v) is 7.50. The highest BCUT2D eigenvalue weighted by atomic mass is 32.1. The van der Waals surface area contributed by atoms with Gasteiger partial charge >= 0.3 is 12.1 Å². The summed E-state index contributed by atoms with van der Waals surface area (Å²) in [5.74, 6) is -0.902. The number of thiazole rings is 2. The van der Waals surface area contributed by atoms with E-state index in [2.05, 4.69) is 9.97 Å². The zero-order valence-corrected chi connectivity index (χ0v) is 23.1. The molecule has 0 saturated carbocycles. The number of aromatic carboxylic acids is 1. The topological polar surface area (TPSA) is 128 Å². The van der Waals surface area contributed by atoms with E-state index >= 15 is 0 Å². The van der Waals surface area contributed by atoms with Gasteiger partial charge < -0.3 is 19.0 Å². The summed E-state index contributed by atoms with van der Waals surface area (Å²) in [6, 6.07) is 8.54. The van der Waals surface area contributed by atoms with Crippen LogP contribution >= 0.6 is 22.7 Å². The molecule has 0 bridgehead atoms. The highest BCUT2D eigenvalue weighted by Gasteiger charge is 2.47. The van der Waals surface area contributed by atoms with Crippen molar-refractivity contribution in [2.24, 2.45) is 0 Å². The maximum absolute atomic E-state index is 13.0. The van der Waals surface area contributed by atoms with Gasteiger partial charge in [0.2, 0.25) is 5.89 Å². The van der Waals surface area contributed by atoms with E-state index < -0.39 is 29.4 Å². The molecule has 1 atom stereocenters. The van der Waals surface area contributed by atoms with Crippen LogP contribution < -0.4 is 0 Å². The van der Waals surface area contributed by atoms with E-state index in [-0.39, 0.29) is 17.3 Å². The highest BCUT2D eigenvalue weighted by molar-refractivity contribution is 7.14. The monoisotopic (exact) mass is 554 g/mol. The van der Waals surface area contributed by atoms with Crippen molar-refractivity contribution in [3.63, 3.8) is 0 Å². The maximum atomic E-state index is 13.0. The number of nitrogens with zero attached hydrogens (tertiary/aromatic N) is 4. The quantitative estimate of drug-likeness (QED) is 0.301. The molecule has 1 aliphatic rings. The van der Waals surface area contributed by atoms with E-state index in [4.69, 9.17) is 18.9 Å². The summed E-state index contributed by atoms with van der Waals surface area (Å²) >= 11 is 2.74. The van der Waals surface area contributed by atoms with Gasteiger partial charge in [0, 0.05) is 16.3 Å². The lowest BCUT2D eigenvalue weighted by Crippen LogP contribution is -2.47. The number of amides is 1. The van der Waals surface area contributed by atoms with Gasteiger partial charge in [-0.25, -0.2) is 24.5 Å². The number of carboxylic acid groups (broad SMARTS) is 1. The van der Waals surface area contributed by atoms with E-state index in [0.717, 1.165) is 0 Å². The zero-order valence-electron chi connectivity index (χ0n) is 21.4. The van der Waals surface area contributed by atoms with Crippen LogP contribution in [-0.2, 0) is 9.47 Å². The number of rotatable bonds is 5. The second-order valence-electron chi connectivity index (χ2n) is 10.1. The van der Waals surface area contributed by atoms with Crippen LogP contribution in [0.2, 0.25) is 0 Å². The fourth-order valence-corrected chi connectivity index (χ4v) is 5.74. The standard InChI is InChI=1S/C26H26N4O6S2/c1-25(2,3)36-24(33)30-17(11-34-26(30,4)5)22-28-16(13-38-22)21-27-15(12-37-21)20-29-18(23(31)32)19(35-20)14-9-7-6-8-10-14/h6-10,12-13,17H,11H2,1-5H3,(H,31,32)/t17-/m0/s1. The lowest BCUT2D eigenvalue weighted by molar-refractivity contribution is -0.0626. The molecule has 5 rings (SSSR count). The Hall–Kier alpha value is -3.61. The highest BCUT2D eigenvalue weighted by Crippen LogP contribution is 2.41. The number of hydrogen-bond donors (Lipinski definition) is 1. The Morgan fingerprint density at radius 2 is 1.79 bits per heavy atom. The number of carboxylic acids is 1. The first-order valence-electron chi connectivity index (χ1n) is 11.8. The third kappa shape index (κ3) is 5.06. The van der Waals surface area contributed by atoms with Gasteiger partial charge in [0.25, 0.3) is 0 Å². The van der Waals surface area contributed by atoms with Gasteiger partial charge in [-0.05, 0) is 34.6 Å². The van der Waals surface area contributed by atoms with Crippen LogP contribution in [0.25, 0.3) is 33.6 Å². The minimum atomic E-state index is -1.19. The number of oxazole rings is 1.